The quantitative estimate of drug-likeness (QED) is 0.535. The Morgan fingerprint density at radius 3 is 2.25 bits per heavy atom. The van der Waals surface area contributed by atoms with E-state index in [0.29, 0.717) is 12.0 Å². The minimum absolute atomic E-state index is 0.340. The summed E-state index contributed by atoms with van der Waals surface area (Å²) in [6.07, 6.45) is 7.74. The van der Waals surface area contributed by atoms with E-state index in [2.05, 4.69) is 84.2 Å². The van der Waals surface area contributed by atoms with E-state index >= 15 is 0 Å². The fraction of sp³-hybridized carbons (Fsp3) is 0.346. The van der Waals surface area contributed by atoms with E-state index in [-0.39, 0.29) is 0 Å². The number of nitrogens with one attached hydrogen (secondary N) is 1. The van der Waals surface area contributed by atoms with Gasteiger partial charge in [0, 0.05) is 5.56 Å². The number of nitrogens with zero attached hydrogens (tertiary/aromatic N) is 1. The van der Waals surface area contributed by atoms with Gasteiger partial charge in [-0.3, -0.25) is 4.98 Å². The van der Waals surface area contributed by atoms with Crippen molar-refractivity contribution in [1.82, 2.24) is 10.3 Å². The van der Waals surface area contributed by atoms with Crippen LogP contribution >= 0.6 is 0 Å². The van der Waals surface area contributed by atoms with Crippen molar-refractivity contribution in [3.63, 3.8) is 0 Å². The Morgan fingerprint density at radius 1 is 0.786 bits per heavy atom. The molecule has 1 aromatic heterocycles. The molecule has 0 spiro atoms. The molecule has 1 atom stereocenters. The zero-order valence-electron chi connectivity index (χ0n) is 16.6. The van der Waals surface area contributed by atoms with Crippen LogP contribution < -0.4 is 5.32 Å². The monoisotopic (exact) mass is 370 g/mol. The van der Waals surface area contributed by atoms with Gasteiger partial charge in [0.05, 0.1) is 17.4 Å². The molecule has 0 bridgehead atoms. The van der Waals surface area contributed by atoms with Crippen LogP contribution in [0.1, 0.15) is 49.4 Å². The van der Waals surface area contributed by atoms with Gasteiger partial charge in [-0.15, -0.1) is 0 Å². The van der Waals surface area contributed by atoms with Gasteiger partial charge >= 0.3 is 0 Å². The molecule has 2 heteroatoms. The lowest BCUT2D eigenvalue weighted by atomic mass is 9.82. The molecule has 1 unspecified atom stereocenters. The summed E-state index contributed by atoms with van der Waals surface area (Å²) in [6, 6.07) is 28.1. The Labute approximate surface area is 169 Å². The average molecular weight is 371 g/mol. The van der Waals surface area contributed by atoms with Gasteiger partial charge in [-0.05, 0) is 49.4 Å². The highest BCUT2D eigenvalue weighted by molar-refractivity contribution is 5.58. The van der Waals surface area contributed by atoms with Crippen LogP contribution in [0.15, 0.2) is 78.9 Å². The fourth-order valence-electron chi connectivity index (χ4n) is 4.39. The third-order valence-electron chi connectivity index (χ3n) is 5.90. The molecule has 28 heavy (non-hydrogen) atoms. The van der Waals surface area contributed by atoms with E-state index in [1.54, 1.807) is 0 Å². The first-order chi connectivity index (χ1) is 13.9. The molecule has 0 aliphatic heterocycles. The predicted molar refractivity (Wildman–Crippen MR) is 117 cm³/mol. The second-order valence-electron chi connectivity index (χ2n) is 7.88. The van der Waals surface area contributed by atoms with Crippen LogP contribution in [0.5, 0.6) is 0 Å². The Hall–Kier alpha value is -2.45. The molecule has 0 radical (unpaired) electrons. The summed E-state index contributed by atoms with van der Waals surface area (Å²) < 4.78 is 0. The second-order valence-corrected chi connectivity index (χ2v) is 7.88. The lowest BCUT2D eigenvalue weighted by Gasteiger charge is -2.31. The van der Waals surface area contributed by atoms with Crippen molar-refractivity contribution < 1.29 is 0 Å². The molecule has 144 valence electrons. The van der Waals surface area contributed by atoms with E-state index in [9.17, 15) is 0 Å². The molecule has 1 N–H and O–H groups in total. The molecule has 1 saturated carbocycles. The number of pyridine rings is 1. The van der Waals surface area contributed by atoms with Gasteiger partial charge in [0.25, 0.3) is 0 Å². The molecule has 2 aromatic carbocycles. The molecule has 1 heterocycles. The fourth-order valence-corrected chi connectivity index (χ4v) is 4.39. The van der Waals surface area contributed by atoms with Gasteiger partial charge in [-0.1, -0.05) is 86.0 Å². The Morgan fingerprint density at radius 2 is 1.50 bits per heavy atom. The summed E-state index contributed by atoms with van der Waals surface area (Å²) in [6.45, 7) is 0.989. The summed E-state index contributed by atoms with van der Waals surface area (Å²) in [7, 11) is 0. The molecule has 0 amide bonds. The van der Waals surface area contributed by atoms with E-state index in [4.69, 9.17) is 4.98 Å². The second kappa shape index (κ2) is 9.66. The normalized spacial score (nSPS) is 16.0. The molecular formula is C26H30N2. The average Bonchev–Trinajstić information content (AvgIpc) is 2.79. The van der Waals surface area contributed by atoms with Gasteiger partial charge in [-0.2, -0.15) is 0 Å². The van der Waals surface area contributed by atoms with Crippen molar-refractivity contribution in [3.8, 4) is 11.3 Å². The van der Waals surface area contributed by atoms with Crippen molar-refractivity contribution in [3.05, 3.63) is 90.1 Å². The summed E-state index contributed by atoms with van der Waals surface area (Å²) >= 11 is 0. The van der Waals surface area contributed by atoms with Gasteiger partial charge < -0.3 is 5.32 Å². The number of hydrogen-bond donors (Lipinski definition) is 1. The topological polar surface area (TPSA) is 24.9 Å². The maximum Gasteiger partial charge on any atom is 0.0706 e. The van der Waals surface area contributed by atoms with Gasteiger partial charge in [0.15, 0.2) is 0 Å². The van der Waals surface area contributed by atoms with Crippen molar-refractivity contribution >= 4 is 0 Å². The lowest BCUT2D eigenvalue weighted by molar-refractivity contribution is 0.269. The standard InChI is InChI=1S/C26H30N2/c1-4-11-21(12-5-1)19-20-27-26(23-15-8-3-9-16-23)25-18-10-17-24(28-25)22-13-6-2-7-14-22/h1-2,4-7,10-14,17-18,23,26-27H,3,8-9,15-16,19-20H2. The van der Waals surface area contributed by atoms with Gasteiger partial charge in [0.1, 0.15) is 0 Å². The highest BCUT2D eigenvalue weighted by atomic mass is 14.9. The van der Waals surface area contributed by atoms with Crippen LogP contribution in [0.2, 0.25) is 0 Å². The largest absolute Gasteiger partial charge is 0.308 e. The van der Waals surface area contributed by atoms with Gasteiger partial charge in [0.2, 0.25) is 0 Å². The lowest BCUT2D eigenvalue weighted by Crippen LogP contribution is -2.32. The molecule has 3 aromatic rings. The van der Waals surface area contributed by atoms with E-state index < -0.39 is 0 Å². The molecule has 0 saturated heterocycles. The molecule has 4 rings (SSSR count). The first-order valence-electron chi connectivity index (χ1n) is 10.7. The highest BCUT2D eigenvalue weighted by Gasteiger charge is 2.25. The van der Waals surface area contributed by atoms with Crippen LogP contribution in [-0.4, -0.2) is 11.5 Å². The third-order valence-corrected chi connectivity index (χ3v) is 5.90. The molecular weight excluding hydrogens is 340 g/mol. The highest BCUT2D eigenvalue weighted by Crippen LogP contribution is 2.34. The van der Waals surface area contributed by atoms with Crippen LogP contribution in [0.25, 0.3) is 11.3 Å². The van der Waals surface area contributed by atoms with E-state index in [0.717, 1.165) is 18.7 Å². The zero-order chi connectivity index (χ0) is 19.0. The number of hydrogen-bond acceptors (Lipinski definition) is 2. The Kier molecular flexibility index (Phi) is 6.52. The maximum absolute atomic E-state index is 5.08. The third kappa shape index (κ3) is 4.88. The number of benzene rings is 2. The minimum atomic E-state index is 0.340. The smallest absolute Gasteiger partial charge is 0.0706 e. The zero-order valence-corrected chi connectivity index (χ0v) is 16.6. The van der Waals surface area contributed by atoms with Crippen LogP contribution in [-0.2, 0) is 6.42 Å². The number of aromatic nitrogens is 1. The van der Waals surface area contributed by atoms with Crippen LogP contribution in [0.4, 0.5) is 0 Å². The molecule has 1 fully saturated rings. The Bertz CT molecular complexity index is 839. The van der Waals surface area contributed by atoms with Gasteiger partial charge in [-0.25, -0.2) is 0 Å². The van der Waals surface area contributed by atoms with Crippen molar-refractivity contribution in [2.45, 2.75) is 44.6 Å². The summed E-state index contributed by atoms with van der Waals surface area (Å²) in [5.74, 6) is 0.683. The van der Waals surface area contributed by atoms with Crippen LogP contribution in [0, 0.1) is 5.92 Å². The Balaban J connectivity index is 1.53. The predicted octanol–water partition coefficient (Wildman–Crippen LogP) is 6.20. The summed E-state index contributed by atoms with van der Waals surface area (Å²) in [4.78, 5) is 5.08. The first-order valence-corrected chi connectivity index (χ1v) is 10.7. The SMILES string of the molecule is c1ccc(CCNC(c2cccc(-c3ccccc3)n2)C2CCCCC2)cc1. The van der Waals surface area contributed by atoms with E-state index in [1.165, 1.54) is 48.9 Å². The van der Waals surface area contributed by atoms with Crippen LogP contribution in [0.3, 0.4) is 0 Å². The molecule has 1 aliphatic rings. The van der Waals surface area contributed by atoms with Crippen molar-refractivity contribution in [1.29, 1.82) is 0 Å². The minimum Gasteiger partial charge on any atom is -0.308 e. The maximum atomic E-state index is 5.08. The van der Waals surface area contributed by atoms with E-state index in [1.807, 2.05) is 0 Å². The number of rotatable bonds is 7. The van der Waals surface area contributed by atoms with Crippen molar-refractivity contribution in [2.75, 3.05) is 6.54 Å². The van der Waals surface area contributed by atoms with Crippen molar-refractivity contribution in [2.24, 2.45) is 5.92 Å². The summed E-state index contributed by atoms with van der Waals surface area (Å²) in [5, 5.41) is 3.87. The molecule has 2 nitrogen and oxygen atoms in total. The first kappa shape index (κ1) is 18.9. The summed E-state index contributed by atoms with van der Waals surface area (Å²) in [5.41, 5.74) is 4.85. The molecule has 1 aliphatic carbocycles.